The average Bonchev–Trinajstić information content (AvgIpc) is 2.68. The molecule has 1 aromatic rings. The first-order valence-corrected chi connectivity index (χ1v) is 5.20. The predicted molar refractivity (Wildman–Crippen MR) is 60.6 cm³/mol. The Labute approximate surface area is 104 Å². The topological polar surface area (TPSA) is 107 Å². The summed E-state index contributed by atoms with van der Waals surface area (Å²) in [7, 11) is 0. The van der Waals surface area contributed by atoms with E-state index in [-0.39, 0.29) is 23.4 Å². The van der Waals surface area contributed by atoms with E-state index >= 15 is 0 Å². The minimum Gasteiger partial charge on any atom is -0.289 e. The quantitative estimate of drug-likeness (QED) is 0.630. The van der Waals surface area contributed by atoms with Gasteiger partial charge >= 0.3 is 11.6 Å². The Morgan fingerprint density at radius 1 is 1.50 bits per heavy atom. The molecule has 1 rings (SSSR count). The molecule has 0 saturated carbocycles. The van der Waals surface area contributed by atoms with Gasteiger partial charge in [0.2, 0.25) is 11.2 Å². The molecule has 0 atom stereocenters. The first-order valence-electron chi connectivity index (χ1n) is 5.20. The van der Waals surface area contributed by atoms with E-state index in [4.69, 9.17) is 15.0 Å². The minimum atomic E-state index is -0.327. The Morgan fingerprint density at radius 3 is 2.56 bits per heavy atom. The van der Waals surface area contributed by atoms with Crippen molar-refractivity contribution >= 4 is 17.9 Å². The third kappa shape index (κ3) is 2.92. The lowest BCUT2D eigenvalue weighted by Gasteiger charge is -1.95. The van der Waals surface area contributed by atoms with Crippen molar-refractivity contribution in [1.82, 2.24) is 5.27 Å². The van der Waals surface area contributed by atoms with E-state index < -0.39 is 0 Å². The summed E-state index contributed by atoms with van der Waals surface area (Å²) in [6.45, 7) is 5.04. The molecule has 0 unspecified atom stereocenters. The number of hydrogen-bond acceptors (Lipinski definition) is 5. The number of carbonyl (C=O) groups is 1. The van der Waals surface area contributed by atoms with Gasteiger partial charge in [0.1, 0.15) is 17.7 Å². The van der Waals surface area contributed by atoms with Crippen LogP contribution in [0.3, 0.4) is 0 Å². The molecule has 0 saturated heterocycles. The van der Waals surface area contributed by atoms with Gasteiger partial charge in [-0.25, -0.2) is 0 Å². The van der Waals surface area contributed by atoms with Crippen LogP contribution in [-0.2, 0) is 4.79 Å². The fourth-order valence-corrected chi connectivity index (χ4v) is 1.26. The van der Waals surface area contributed by atoms with Gasteiger partial charge in [-0.1, -0.05) is 0 Å². The molecule has 92 valence electrons. The van der Waals surface area contributed by atoms with Crippen LogP contribution in [0.15, 0.2) is 10.1 Å². The van der Waals surface area contributed by atoms with Gasteiger partial charge in [-0.15, -0.1) is 0 Å². The highest BCUT2D eigenvalue weighted by Crippen LogP contribution is 2.15. The van der Waals surface area contributed by atoms with Crippen LogP contribution in [0.1, 0.15) is 32.5 Å². The van der Waals surface area contributed by atoms with E-state index in [1.54, 1.807) is 12.1 Å². The van der Waals surface area contributed by atoms with E-state index in [2.05, 4.69) is 10.6 Å². The molecule has 0 fully saturated rings. The van der Waals surface area contributed by atoms with Gasteiger partial charge in [0.15, 0.2) is 6.04 Å². The molecule has 0 radical (unpaired) electrons. The molecular formula is C11H12N5O2+. The van der Waals surface area contributed by atoms with Crippen LogP contribution >= 0.6 is 0 Å². The van der Waals surface area contributed by atoms with E-state index in [0.717, 1.165) is 0 Å². The van der Waals surface area contributed by atoms with Crippen LogP contribution in [-0.4, -0.2) is 11.2 Å². The molecule has 0 spiro atoms. The zero-order chi connectivity index (χ0) is 13.7. The zero-order valence-corrected chi connectivity index (χ0v) is 10.3. The Balaban J connectivity index is 3.33. The Hall–Kier alpha value is -2.67. The number of amides is 1. The van der Waals surface area contributed by atoms with Gasteiger partial charge in [0.25, 0.3) is 0 Å². The van der Waals surface area contributed by atoms with Crippen LogP contribution in [0, 0.1) is 22.7 Å². The van der Waals surface area contributed by atoms with Crippen LogP contribution in [0.4, 0.5) is 5.88 Å². The third-order valence-electron chi connectivity index (χ3n) is 2.00. The SMILES string of the molecule is CC(=O)Nc1on[n+](C(C)C)c1C=C(C#N)C#N. The van der Waals surface area contributed by atoms with Crippen LogP contribution in [0.5, 0.6) is 0 Å². The molecular weight excluding hydrogens is 234 g/mol. The minimum absolute atomic E-state index is 0.0406. The summed E-state index contributed by atoms with van der Waals surface area (Å²) in [4.78, 5) is 11.0. The fraction of sp³-hybridized carbons (Fsp3) is 0.364. The Kier molecular flexibility index (Phi) is 4.16. The lowest BCUT2D eigenvalue weighted by molar-refractivity contribution is -0.780. The average molecular weight is 246 g/mol. The van der Waals surface area contributed by atoms with Gasteiger partial charge in [0, 0.05) is 26.8 Å². The summed E-state index contributed by atoms with van der Waals surface area (Å²) >= 11 is 0. The van der Waals surface area contributed by atoms with E-state index in [9.17, 15) is 4.79 Å². The summed E-state index contributed by atoms with van der Waals surface area (Å²) in [5, 5.41) is 23.7. The number of nitrogens with one attached hydrogen (secondary N) is 1. The van der Waals surface area contributed by atoms with Crippen molar-refractivity contribution in [2.75, 3.05) is 5.32 Å². The molecule has 0 aromatic carbocycles. The predicted octanol–water partition coefficient (Wildman–Crippen LogP) is 0.932. The summed E-state index contributed by atoms with van der Waals surface area (Å²) < 4.78 is 6.45. The fourth-order valence-electron chi connectivity index (χ4n) is 1.26. The summed E-state index contributed by atoms with van der Waals surface area (Å²) in [5.41, 5.74) is 0.275. The molecule has 0 bridgehead atoms. The molecule has 1 N–H and O–H groups in total. The highest BCUT2D eigenvalue weighted by molar-refractivity contribution is 5.88. The number of carbonyl (C=O) groups excluding carboxylic acids is 1. The van der Waals surface area contributed by atoms with Gasteiger partial charge in [-0.2, -0.15) is 10.5 Å². The lowest BCUT2D eigenvalue weighted by atomic mass is 10.2. The Morgan fingerprint density at radius 2 is 2.11 bits per heavy atom. The van der Waals surface area contributed by atoms with Gasteiger partial charge in [0.05, 0.1) is 0 Å². The molecule has 1 heterocycles. The first kappa shape index (κ1) is 13.4. The molecule has 7 nitrogen and oxygen atoms in total. The van der Waals surface area contributed by atoms with Crippen molar-refractivity contribution in [3.8, 4) is 12.1 Å². The molecule has 0 aliphatic heterocycles. The van der Waals surface area contributed by atoms with Gasteiger partial charge < -0.3 is 0 Å². The molecule has 0 aliphatic carbocycles. The number of nitrogens with zero attached hydrogens (tertiary/aromatic N) is 4. The molecule has 1 aromatic heterocycles. The van der Waals surface area contributed by atoms with Crippen molar-refractivity contribution in [1.29, 1.82) is 10.5 Å². The largest absolute Gasteiger partial charge is 0.310 e. The molecule has 0 aliphatic rings. The maximum Gasteiger partial charge on any atom is 0.310 e. The number of allylic oxidation sites excluding steroid dienone is 1. The molecule has 7 heteroatoms. The monoisotopic (exact) mass is 246 g/mol. The number of rotatable bonds is 3. The Bertz CT molecular complexity index is 555. The van der Waals surface area contributed by atoms with Crippen molar-refractivity contribution in [2.24, 2.45) is 0 Å². The van der Waals surface area contributed by atoms with E-state index in [1.807, 2.05) is 13.8 Å². The second-order valence-electron chi connectivity index (χ2n) is 3.79. The zero-order valence-electron chi connectivity index (χ0n) is 10.3. The van der Waals surface area contributed by atoms with Crippen LogP contribution in [0.25, 0.3) is 6.08 Å². The van der Waals surface area contributed by atoms with Crippen molar-refractivity contribution in [3.63, 3.8) is 0 Å². The number of anilines is 1. The van der Waals surface area contributed by atoms with E-state index in [1.165, 1.54) is 17.7 Å². The summed E-state index contributed by atoms with van der Waals surface area (Å²) in [6.07, 6.45) is 1.32. The first-order chi connectivity index (χ1) is 8.49. The van der Waals surface area contributed by atoms with Gasteiger partial charge in [-0.3, -0.25) is 14.6 Å². The maximum absolute atomic E-state index is 11.0. The number of nitriles is 2. The normalized spacial score (nSPS) is 9.44. The van der Waals surface area contributed by atoms with Gasteiger partial charge in [-0.05, 0) is 4.68 Å². The standard InChI is InChI=1S/C11H11N5O2/c1-7(2)16-10(4-9(5-12)6-13)11(18-15-16)14-8(3)17/h4,7H,1-3H3/p+1. The number of hydrogen-bond donors (Lipinski definition) is 1. The molecule has 1 amide bonds. The highest BCUT2D eigenvalue weighted by Gasteiger charge is 2.26. The second-order valence-corrected chi connectivity index (χ2v) is 3.79. The van der Waals surface area contributed by atoms with E-state index in [0.29, 0.717) is 5.69 Å². The van der Waals surface area contributed by atoms with Crippen LogP contribution < -0.4 is 10.00 Å². The lowest BCUT2D eigenvalue weighted by Crippen LogP contribution is -2.40. The maximum atomic E-state index is 11.0. The summed E-state index contributed by atoms with van der Waals surface area (Å²) in [6, 6.07) is 3.44. The third-order valence-corrected chi connectivity index (χ3v) is 2.00. The highest BCUT2D eigenvalue weighted by atomic mass is 16.5. The number of aromatic nitrogens is 2. The van der Waals surface area contributed by atoms with Crippen molar-refractivity contribution in [3.05, 3.63) is 11.3 Å². The second kappa shape index (κ2) is 5.60. The summed E-state index contributed by atoms with van der Waals surface area (Å²) in [5.74, 6) is -0.216. The molecule has 18 heavy (non-hydrogen) atoms. The van der Waals surface area contributed by atoms with Crippen LogP contribution in [0.2, 0.25) is 0 Å². The smallest absolute Gasteiger partial charge is 0.289 e. The van der Waals surface area contributed by atoms with Crippen molar-refractivity contribution in [2.45, 2.75) is 26.8 Å². The van der Waals surface area contributed by atoms with Crippen molar-refractivity contribution < 1.29 is 14.0 Å².